The summed E-state index contributed by atoms with van der Waals surface area (Å²) in [6.07, 6.45) is 1.54. The second kappa shape index (κ2) is 6.26. The topological polar surface area (TPSA) is 75.2 Å². The average molecular weight is 300 g/mol. The molecule has 0 radical (unpaired) electrons. The molecule has 0 spiro atoms. The Kier molecular flexibility index (Phi) is 4.41. The molecule has 0 saturated carbocycles. The Morgan fingerprint density at radius 2 is 1.64 bits per heavy atom. The van der Waals surface area contributed by atoms with Crippen molar-refractivity contribution in [2.75, 3.05) is 0 Å². The monoisotopic (exact) mass is 300 g/mol. The molecule has 0 unspecified atom stereocenters. The van der Waals surface area contributed by atoms with Crippen LogP contribution in [-0.4, -0.2) is 16.5 Å². The van der Waals surface area contributed by atoms with Crippen molar-refractivity contribution in [3.63, 3.8) is 0 Å². The molecule has 3 aromatic rings. The average Bonchev–Trinajstić information content (AvgIpc) is 2.73. The molecule has 0 saturated heterocycles. The highest BCUT2D eigenvalue weighted by Gasteiger charge is 2.13. The SMILES string of the molecule is CC(=O)OC(C)=O.Cn1c2ccccc2c2c1ccc[n+]2[O-]. The maximum Gasteiger partial charge on any atom is 0.310 e. The molecule has 0 fully saturated rings. The molecule has 0 aliphatic rings. The van der Waals surface area contributed by atoms with Crippen LogP contribution in [0.5, 0.6) is 0 Å². The molecule has 0 bridgehead atoms. The molecule has 6 nitrogen and oxygen atoms in total. The molecule has 2 heterocycles. The third-order valence-corrected chi connectivity index (χ3v) is 3.11. The standard InChI is InChI=1S/C12H10N2O.C4H6O3/c1-13-10-6-3-2-5-9(10)12-11(13)7-4-8-14(12)15;1-3(5)7-4(2)6/h2-8H,1H3;1-2H3. The van der Waals surface area contributed by atoms with Gasteiger partial charge in [0.2, 0.25) is 5.52 Å². The van der Waals surface area contributed by atoms with Crippen LogP contribution in [-0.2, 0) is 21.4 Å². The lowest BCUT2D eigenvalue weighted by atomic mass is 10.2. The summed E-state index contributed by atoms with van der Waals surface area (Å²) >= 11 is 0. The Morgan fingerprint density at radius 3 is 2.23 bits per heavy atom. The number of ether oxygens (including phenoxy) is 1. The lowest BCUT2D eigenvalue weighted by Crippen LogP contribution is -2.25. The van der Waals surface area contributed by atoms with E-state index in [4.69, 9.17) is 0 Å². The van der Waals surface area contributed by atoms with Crippen LogP contribution in [0.25, 0.3) is 21.9 Å². The Labute approximate surface area is 127 Å². The number of para-hydroxylation sites is 1. The predicted octanol–water partition coefficient (Wildman–Crippen LogP) is 2.06. The van der Waals surface area contributed by atoms with Crippen LogP contribution in [0.15, 0.2) is 42.6 Å². The highest BCUT2D eigenvalue weighted by atomic mass is 16.6. The van der Waals surface area contributed by atoms with E-state index in [0.29, 0.717) is 0 Å². The quantitative estimate of drug-likeness (QED) is 0.276. The minimum Gasteiger partial charge on any atom is -0.618 e. The van der Waals surface area contributed by atoms with E-state index in [9.17, 15) is 14.8 Å². The minimum atomic E-state index is -0.562. The maximum absolute atomic E-state index is 11.7. The molecule has 6 heteroatoms. The van der Waals surface area contributed by atoms with Crippen LogP contribution in [0.1, 0.15) is 13.8 Å². The van der Waals surface area contributed by atoms with Crippen LogP contribution in [0.3, 0.4) is 0 Å². The van der Waals surface area contributed by atoms with Gasteiger partial charge in [-0.05, 0) is 18.2 Å². The Morgan fingerprint density at radius 1 is 1.05 bits per heavy atom. The number of fused-ring (bicyclic) bond motifs is 3. The highest BCUT2D eigenvalue weighted by molar-refractivity contribution is 6.03. The van der Waals surface area contributed by atoms with Crippen molar-refractivity contribution in [1.29, 1.82) is 0 Å². The first-order valence-electron chi connectivity index (χ1n) is 6.66. The Bertz CT molecular complexity index is 840. The van der Waals surface area contributed by atoms with Crippen LogP contribution in [0.2, 0.25) is 0 Å². The molecular weight excluding hydrogens is 284 g/mol. The third kappa shape index (κ3) is 3.06. The van der Waals surface area contributed by atoms with Gasteiger partial charge < -0.3 is 14.5 Å². The van der Waals surface area contributed by atoms with E-state index in [-0.39, 0.29) is 0 Å². The highest BCUT2D eigenvalue weighted by Crippen LogP contribution is 2.24. The van der Waals surface area contributed by atoms with E-state index in [1.54, 1.807) is 6.07 Å². The summed E-state index contributed by atoms with van der Waals surface area (Å²) in [5, 5.41) is 12.7. The fourth-order valence-corrected chi connectivity index (χ4v) is 2.30. The molecule has 0 atom stereocenters. The van der Waals surface area contributed by atoms with Crippen molar-refractivity contribution in [3.8, 4) is 0 Å². The number of nitrogens with zero attached hydrogens (tertiary/aromatic N) is 2. The lowest BCUT2D eigenvalue weighted by molar-refractivity contribution is -0.576. The van der Waals surface area contributed by atoms with Crippen LogP contribution >= 0.6 is 0 Å². The van der Waals surface area contributed by atoms with E-state index >= 15 is 0 Å². The first-order valence-corrected chi connectivity index (χ1v) is 6.66. The Balaban J connectivity index is 0.000000217. The summed E-state index contributed by atoms with van der Waals surface area (Å²) in [4.78, 5) is 19.6. The number of aromatic nitrogens is 2. The van der Waals surface area contributed by atoms with E-state index in [0.717, 1.165) is 26.7 Å². The fraction of sp³-hybridized carbons (Fsp3) is 0.188. The molecule has 1 aromatic carbocycles. The zero-order valence-corrected chi connectivity index (χ0v) is 12.6. The summed E-state index contributed by atoms with van der Waals surface area (Å²) in [5.74, 6) is -1.12. The summed E-state index contributed by atoms with van der Waals surface area (Å²) in [6, 6.07) is 11.7. The van der Waals surface area contributed by atoms with Crippen molar-refractivity contribution >= 4 is 33.9 Å². The summed E-state index contributed by atoms with van der Waals surface area (Å²) < 4.78 is 6.94. The zero-order chi connectivity index (χ0) is 16.3. The van der Waals surface area contributed by atoms with Crippen LogP contribution in [0.4, 0.5) is 0 Å². The summed E-state index contributed by atoms with van der Waals surface area (Å²) in [7, 11) is 1.98. The number of aryl methyl sites for hydroxylation is 1. The van der Waals surface area contributed by atoms with Gasteiger partial charge in [0.05, 0.1) is 10.9 Å². The van der Waals surface area contributed by atoms with Crippen molar-refractivity contribution in [2.45, 2.75) is 13.8 Å². The van der Waals surface area contributed by atoms with Crippen molar-refractivity contribution < 1.29 is 19.1 Å². The van der Waals surface area contributed by atoms with E-state index in [1.165, 1.54) is 20.0 Å². The van der Waals surface area contributed by atoms with Crippen LogP contribution in [0, 0.1) is 5.21 Å². The normalized spacial score (nSPS) is 10.1. The molecule has 2 aromatic heterocycles. The molecule has 0 amide bonds. The third-order valence-electron chi connectivity index (χ3n) is 3.11. The van der Waals surface area contributed by atoms with E-state index in [2.05, 4.69) is 4.74 Å². The first kappa shape index (κ1) is 15.5. The zero-order valence-electron chi connectivity index (χ0n) is 12.6. The smallest absolute Gasteiger partial charge is 0.310 e. The van der Waals surface area contributed by atoms with E-state index < -0.39 is 11.9 Å². The number of hydrogen-bond acceptors (Lipinski definition) is 4. The van der Waals surface area contributed by atoms with Gasteiger partial charge in [-0.15, -0.1) is 0 Å². The number of benzene rings is 1. The van der Waals surface area contributed by atoms with Gasteiger partial charge in [-0.1, -0.05) is 12.1 Å². The second-order valence-electron chi connectivity index (χ2n) is 4.73. The number of pyridine rings is 1. The number of hydrogen-bond donors (Lipinski definition) is 0. The molecule has 0 aliphatic heterocycles. The number of esters is 2. The molecular formula is C16H16N2O4. The summed E-state index contributed by atoms with van der Waals surface area (Å²) in [6.45, 7) is 2.36. The van der Waals surface area contributed by atoms with Gasteiger partial charge in [-0.25, -0.2) is 0 Å². The lowest BCUT2D eigenvalue weighted by Gasteiger charge is -1.97. The van der Waals surface area contributed by atoms with Gasteiger partial charge in [0.1, 0.15) is 5.52 Å². The largest absolute Gasteiger partial charge is 0.618 e. The summed E-state index contributed by atoms with van der Waals surface area (Å²) in [5.41, 5.74) is 2.80. The van der Waals surface area contributed by atoms with Gasteiger partial charge in [-0.3, -0.25) is 9.59 Å². The minimum absolute atomic E-state index is 0.562. The second-order valence-corrected chi connectivity index (χ2v) is 4.73. The first-order chi connectivity index (χ1) is 10.4. The van der Waals surface area contributed by atoms with Gasteiger partial charge in [0.25, 0.3) is 0 Å². The molecule has 0 N–H and O–H groups in total. The van der Waals surface area contributed by atoms with Crippen molar-refractivity contribution in [1.82, 2.24) is 4.57 Å². The van der Waals surface area contributed by atoms with Gasteiger partial charge >= 0.3 is 11.9 Å². The predicted molar refractivity (Wildman–Crippen MR) is 81.8 cm³/mol. The maximum atomic E-state index is 11.7. The number of carbonyl (C=O) groups is 2. The molecule has 3 rings (SSSR count). The number of rotatable bonds is 0. The fourth-order valence-electron chi connectivity index (χ4n) is 2.30. The van der Waals surface area contributed by atoms with E-state index in [1.807, 2.05) is 41.9 Å². The van der Waals surface area contributed by atoms with Gasteiger partial charge in [0, 0.05) is 27.0 Å². The van der Waals surface area contributed by atoms with Crippen molar-refractivity contribution in [2.24, 2.45) is 7.05 Å². The Hall–Kier alpha value is -2.89. The van der Waals surface area contributed by atoms with Gasteiger partial charge in [-0.2, -0.15) is 4.73 Å². The number of carbonyl (C=O) groups excluding carboxylic acids is 2. The van der Waals surface area contributed by atoms with Gasteiger partial charge in [0.15, 0.2) is 6.20 Å². The van der Waals surface area contributed by atoms with Crippen molar-refractivity contribution in [3.05, 3.63) is 47.8 Å². The molecule has 22 heavy (non-hydrogen) atoms. The molecule has 114 valence electrons. The van der Waals surface area contributed by atoms with Crippen LogP contribution < -0.4 is 4.73 Å². The molecule has 0 aliphatic carbocycles.